The Morgan fingerprint density at radius 2 is 2.10 bits per heavy atom. The third kappa shape index (κ3) is 3.13. The molecule has 0 unspecified atom stereocenters. The van der Waals surface area contributed by atoms with Crippen molar-refractivity contribution in [1.82, 2.24) is 9.80 Å². The second-order valence-electron chi connectivity index (χ2n) is 6.02. The first-order chi connectivity index (χ1) is 10.2. The van der Waals surface area contributed by atoms with E-state index in [4.69, 9.17) is 0 Å². The van der Waals surface area contributed by atoms with Gasteiger partial charge in [-0.25, -0.2) is 0 Å². The van der Waals surface area contributed by atoms with Crippen molar-refractivity contribution in [3.05, 3.63) is 22.4 Å². The third-order valence-electron chi connectivity index (χ3n) is 4.69. The van der Waals surface area contributed by atoms with E-state index in [2.05, 4.69) is 4.90 Å². The molecule has 1 amide bonds. The number of nitrogens with zero attached hydrogens (tertiary/aromatic N) is 2. The first-order valence-corrected chi connectivity index (χ1v) is 8.47. The maximum Gasteiger partial charge on any atom is 0.254 e. The van der Waals surface area contributed by atoms with Gasteiger partial charge in [0.25, 0.3) is 5.91 Å². The number of β-amino-alcohol motifs (C(OH)–C–C–N with tert-alkyl or cyclic N) is 1. The van der Waals surface area contributed by atoms with Crippen molar-refractivity contribution in [3.8, 4) is 0 Å². The molecule has 1 aromatic heterocycles. The van der Waals surface area contributed by atoms with Crippen LogP contribution in [0.25, 0.3) is 0 Å². The number of amides is 1. The van der Waals surface area contributed by atoms with Crippen LogP contribution in [0.2, 0.25) is 0 Å². The van der Waals surface area contributed by atoms with Crippen molar-refractivity contribution in [2.75, 3.05) is 32.8 Å². The van der Waals surface area contributed by atoms with E-state index in [-0.39, 0.29) is 18.6 Å². The number of carbonyl (C=O) groups excluding carboxylic acids is 1. The molecule has 1 aromatic rings. The van der Waals surface area contributed by atoms with Gasteiger partial charge in [-0.15, -0.1) is 0 Å². The van der Waals surface area contributed by atoms with E-state index in [9.17, 15) is 15.0 Å². The lowest BCUT2D eigenvalue weighted by atomic mass is 9.96. The lowest BCUT2D eigenvalue weighted by Crippen LogP contribution is -2.47. The predicted molar refractivity (Wildman–Crippen MR) is 81.4 cm³/mol. The number of hydrogen-bond donors (Lipinski definition) is 2. The van der Waals surface area contributed by atoms with Gasteiger partial charge in [0.15, 0.2) is 0 Å². The summed E-state index contributed by atoms with van der Waals surface area (Å²) < 4.78 is 0. The average molecular weight is 310 g/mol. The summed E-state index contributed by atoms with van der Waals surface area (Å²) >= 11 is 1.51. The topological polar surface area (TPSA) is 64.0 Å². The van der Waals surface area contributed by atoms with Crippen LogP contribution in [0, 0.1) is 5.92 Å². The van der Waals surface area contributed by atoms with Crippen LogP contribution in [0.3, 0.4) is 0 Å². The number of aliphatic hydroxyl groups excluding tert-OH is 2. The first kappa shape index (κ1) is 15.0. The molecule has 21 heavy (non-hydrogen) atoms. The molecule has 2 aliphatic rings. The summed E-state index contributed by atoms with van der Waals surface area (Å²) in [4.78, 5) is 16.4. The minimum absolute atomic E-state index is 0.0167. The van der Waals surface area contributed by atoms with Crippen molar-refractivity contribution < 1.29 is 15.0 Å². The minimum Gasteiger partial charge on any atom is -0.396 e. The van der Waals surface area contributed by atoms with Crippen LogP contribution < -0.4 is 0 Å². The minimum atomic E-state index is -0.474. The molecule has 2 N–H and O–H groups in total. The molecule has 0 aliphatic carbocycles. The number of aliphatic hydroxyl groups is 2. The molecule has 5 nitrogen and oxygen atoms in total. The highest BCUT2D eigenvalue weighted by atomic mass is 32.1. The predicted octanol–water partition coefficient (Wildman–Crippen LogP) is 0.638. The van der Waals surface area contributed by atoms with Gasteiger partial charge in [-0.2, -0.15) is 11.3 Å². The molecule has 6 heteroatoms. The number of rotatable bonds is 3. The lowest BCUT2D eigenvalue weighted by Gasteiger charge is -2.36. The van der Waals surface area contributed by atoms with Gasteiger partial charge >= 0.3 is 0 Å². The van der Waals surface area contributed by atoms with Gasteiger partial charge in [0.2, 0.25) is 0 Å². The summed E-state index contributed by atoms with van der Waals surface area (Å²) in [7, 11) is 0. The first-order valence-electron chi connectivity index (χ1n) is 7.53. The Labute approximate surface area is 128 Å². The molecule has 0 saturated carbocycles. The number of thiophene rings is 1. The molecular formula is C15H22N2O3S. The highest BCUT2D eigenvalue weighted by molar-refractivity contribution is 7.08. The number of carbonyl (C=O) groups is 1. The number of hydrogen-bond acceptors (Lipinski definition) is 5. The molecule has 0 spiro atoms. The molecule has 116 valence electrons. The van der Waals surface area contributed by atoms with E-state index < -0.39 is 6.10 Å². The van der Waals surface area contributed by atoms with E-state index in [1.165, 1.54) is 11.3 Å². The normalized spacial score (nSPS) is 28.2. The van der Waals surface area contributed by atoms with Crippen LogP contribution in [-0.2, 0) is 0 Å². The van der Waals surface area contributed by atoms with Gasteiger partial charge in [-0.3, -0.25) is 9.69 Å². The molecule has 2 saturated heterocycles. The smallest absolute Gasteiger partial charge is 0.254 e. The zero-order chi connectivity index (χ0) is 14.8. The Balaban J connectivity index is 1.60. The zero-order valence-electron chi connectivity index (χ0n) is 12.0. The molecule has 0 aromatic carbocycles. The SMILES string of the molecule is O=C(c1ccsc1)N1C[C@H](O)[C@@H](N2CCC(CO)CC2)C1. The van der Waals surface area contributed by atoms with Gasteiger partial charge in [0.1, 0.15) is 0 Å². The fourth-order valence-electron chi connectivity index (χ4n) is 3.33. The van der Waals surface area contributed by atoms with E-state index in [0.29, 0.717) is 24.6 Å². The molecule has 2 atom stereocenters. The maximum atomic E-state index is 12.4. The van der Waals surface area contributed by atoms with E-state index in [0.717, 1.165) is 25.9 Å². The Morgan fingerprint density at radius 1 is 1.33 bits per heavy atom. The maximum absolute atomic E-state index is 12.4. The summed E-state index contributed by atoms with van der Waals surface area (Å²) in [6, 6.07) is 1.87. The van der Waals surface area contributed by atoms with Gasteiger partial charge < -0.3 is 15.1 Å². The van der Waals surface area contributed by atoms with Crippen molar-refractivity contribution in [3.63, 3.8) is 0 Å². The molecule has 0 radical (unpaired) electrons. The second kappa shape index (κ2) is 6.44. The summed E-state index contributed by atoms with van der Waals surface area (Å²) in [5.41, 5.74) is 0.715. The van der Waals surface area contributed by atoms with Crippen LogP contribution in [0.15, 0.2) is 16.8 Å². The Morgan fingerprint density at radius 3 is 2.71 bits per heavy atom. The zero-order valence-corrected chi connectivity index (χ0v) is 12.8. The molecule has 2 aliphatic heterocycles. The van der Waals surface area contributed by atoms with Gasteiger partial charge in [0.05, 0.1) is 17.7 Å². The van der Waals surface area contributed by atoms with Crippen molar-refractivity contribution >= 4 is 17.2 Å². The summed E-state index contributed by atoms with van der Waals surface area (Å²) in [6.07, 6.45) is 1.47. The van der Waals surface area contributed by atoms with E-state index in [1.54, 1.807) is 4.90 Å². The molecule has 0 bridgehead atoms. The number of likely N-dealkylation sites (tertiary alicyclic amines) is 2. The van der Waals surface area contributed by atoms with E-state index in [1.807, 2.05) is 16.8 Å². The standard InChI is InChI=1S/C15H22N2O3S/c18-9-11-1-4-16(5-2-11)13-7-17(8-14(13)19)15(20)12-3-6-21-10-12/h3,6,10-11,13-14,18-19H,1-2,4-5,7-9H2/t13-,14-/m0/s1. The van der Waals surface area contributed by atoms with Crippen molar-refractivity contribution in [2.24, 2.45) is 5.92 Å². The Bertz CT molecular complexity index is 471. The van der Waals surface area contributed by atoms with Crippen LogP contribution in [0.5, 0.6) is 0 Å². The van der Waals surface area contributed by atoms with Gasteiger partial charge in [0, 0.05) is 25.1 Å². The fourth-order valence-corrected chi connectivity index (χ4v) is 3.96. The van der Waals surface area contributed by atoms with Crippen molar-refractivity contribution in [1.29, 1.82) is 0 Å². The van der Waals surface area contributed by atoms with Crippen LogP contribution in [0.1, 0.15) is 23.2 Å². The number of piperidine rings is 1. The molecular weight excluding hydrogens is 288 g/mol. The summed E-state index contributed by atoms with van der Waals surface area (Å²) in [5.74, 6) is 0.409. The monoisotopic (exact) mass is 310 g/mol. The fraction of sp³-hybridized carbons (Fsp3) is 0.667. The Hall–Kier alpha value is -0.950. The summed E-state index contributed by atoms with van der Waals surface area (Å²) in [5, 5.41) is 23.2. The van der Waals surface area contributed by atoms with Gasteiger partial charge in [-0.05, 0) is 43.3 Å². The highest BCUT2D eigenvalue weighted by Gasteiger charge is 2.38. The molecule has 3 heterocycles. The largest absolute Gasteiger partial charge is 0.396 e. The second-order valence-corrected chi connectivity index (χ2v) is 6.80. The van der Waals surface area contributed by atoms with Crippen molar-refractivity contribution in [2.45, 2.75) is 25.0 Å². The van der Waals surface area contributed by atoms with Gasteiger partial charge in [-0.1, -0.05) is 0 Å². The quantitative estimate of drug-likeness (QED) is 0.860. The summed E-state index contributed by atoms with van der Waals surface area (Å²) in [6.45, 7) is 3.06. The lowest BCUT2D eigenvalue weighted by molar-refractivity contribution is 0.0487. The van der Waals surface area contributed by atoms with E-state index >= 15 is 0 Å². The highest BCUT2D eigenvalue weighted by Crippen LogP contribution is 2.24. The van der Waals surface area contributed by atoms with Crippen LogP contribution in [0.4, 0.5) is 0 Å². The third-order valence-corrected chi connectivity index (χ3v) is 5.37. The average Bonchev–Trinajstić information content (AvgIpc) is 3.16. The van der Waals surface area contributed by atoms with Crippen LogP contribution >= 0.6 is 11.3 Å². The Kier molecular flexibility index (Phi) is 4.59. The van der Waals surface area contributed by atoms with Crippen LogP contribution in [-0.4, -0.2) is 70.9 Å². The molecule has 3 rings (SSSR count). The molecule has 2 fully saturated rings.